The van der Waals surface area contributed by atoms with Gasteiger partial charge in [0.2, 0.25) is 10.0 Å². The van der Waals surface area contributed by atoms with Crippen molar-refractivity contribution in [3.8, 4) is 0 Å². The number of nitrogens with one attached hydrogen (secondary N) is 4. The minimum atomic E-state index is -1.93. The maximum atomic E-state index is 14.3. The van der Waals surface area contributed by atoms with E-state index in [4.69, 9.17) is 11.6 Å². The molecule has 6 nitrogen and oxygen atoms in total. The molecule has 0 aliphatic rings. The van der Waals surface area contributed by atoms with Gasteiger partial charge >= 0.3 is 0 Å². The Labute approximate surface area is 175 Å². The Bertz CT molecular complexity index is 738. The molecule has 0 saturated heterocycles. The zero-order valence-corrected chi connectivity index (χ0v) is 17.9. The molecule has 1 aromatic heterocycles. The predicted molar refractivity (Wildman–Crippen MR) is 113 cm³/mol. The Morgan fingerprint density at radius 2 is 1.89 bits per heavy atom. The van der Waals surface area contributed by atoms with Gasteiger partial charge in [0.05, 0.1) is 16.9 Å². The van der Waals surface area contributed by atoms with Crippen LogP contribution in [0.3, 0.4) is 0 Å². The van der Waals surface area contributed by atoms with Crippen molar-refractivity contribution in [1.29, 1.82) is 0 Å². The third-order valence-electron chi connectivity index (χ3n) is 3.75. The van der Waals surface area contributed by atoms with Gasteiger partial charge in [0.1, 0.15) is 11.4 Å². The molecule has 0 fully saturated rings. The first kappa shape index (κ1) is 23.1. The van der Waals surface area contributed by atoms with E-state index >= 15 is 0 Å². The fraction of sp³-hybridized carbons (Fsp3) is 0.471. The number of anilines is 2. The second-order valence-corrected chi connectivity index (χ2v) is 8.51. The first-order valence-corrected chi connectivity index (χ1v) is 11.2. The maximum absolute atomic E-state index is 14.3. The van der Waals surface area contributed by atoms with Gasteiger partial charge < -0.3 is 20.5 Å². The van der Waals surface area contributed by atoms with E-state index in [1.165, 1.54) is 12.1 Å². The van der Waals surface area contributed by atoms with Gasteiger partial charge in [-0.3, -0.25) is 0 Å². The molecule has 1 unspecified atom stereocenters. The molecule has 0 bridgehead atoms. The van der Waals surface area contributed by atoms with E-state index in [9.17, 15) is 13.3 Å². The van der Waals surface area contributed by atoms with Crippen molar-refractivity contribution in [3.05, 3.63) is 34.3 Å². The van der Waals surface area contributed by atoms with Crippen molar-refractivity contribution in [2.75, 3.05) is 43.3 Å². The van der Waals surface area contributed by atoms with E-state index in [0.717, 1.165) is 45.1 Å². The summed E-state index contributed by atoms with van der Waals surface area (Å²) < 4.78 is 42.0. The van der Waals surface area contributed by atoms with E-state index < -0.39 is 22.3 Å². The summed E-state index contributed by atoms with van der Waals surface area (Å²) in [5.41, 5.74) is 0.446. The molecule has 0 saturated carbocycles. The van der Waals surface area contributed by atoms with Crippen LogP contribution in [0.2, 0.25) is 5.02 Å². The molecule has 2 rings (SSSR count). The van der Waals surface area contributed by atoms with Crippen LogP contribution in [-0.4, -0.2) is 42.8 Å². The van der Waals surface area contributed by atoms with Crippen LogP contribution in [0, 0.1) is 10.9 Å². The molecule has 1 atom stereocenters. The number of rotatable bonds is 13. The fourth-order valence-electron chi connectivity index (χ4n) is 2.36. The Morgan fingerprint density at radius 1 is 1.14 bits per heavy atom. The molecule has 11 heteroatoms. The normalized spacial score (nSPS) is 12.2. The standard InChI is InChI=1S/C17H24ClF2N5OS2/c1-21-5-4-7-22-6-2-3-8-23-14-10-13(19)15(9-12(14)18)28(26)25-17-24-11-16(20)27-17/h9-11,21-23H,2-8H2,1H3,(H,24,25). The summed E-state index contributed by atoms with van der Waals surface area (Å²) in [6, 6.07) is 2.52. The largest absolute Gasteiger partial charge is 0.588 e. The molecular weight excluding hydrogens is 428 g/mol. The van der Waals surface area contributed by atoms with Crippen LogP contribution in [0.15, 0.2) is 23.2 Å². The second kappa shape index (κ2) is 12.4. The summed E-state index contributed by atoms with van der Waals surface area (Å²) in [4.78, 5) is 3.59. The summed E-state index contributed by atoms with van der Waals surface area (Å²) in [5.74, 6) is -0.666. The zero-order chi connectivity index (χ0) is 20.4. The molecule has 156 valence electrons. The molecule has 1 heterocycles. The van der Waals surface area contributed by atoms with Crippen LogP contribution in [0.4, 0.5) is 19.6 Å². The Balaban J connectivity index is 1.77. The number of unbranched alkanes of at least 4 members (excludes halogenated alkanes) is 1. The molecule has 28 heavy (non-hydrogen) atoms. The Morgan fingerprint density at radius 3 is 2.61 bits per heavy atom. The predicted octanol–water partition coefficient (Wildman–Crippen LogP) is 3.60. The van der Waals surface area contributed by atoms with E-state index in [1.807, 2.05) is 7.05 Å². The van der Waals surface area contributed by atoms with E-state index in [-0.39, 0.29) is 15.0 Å². The van der Waals surface area contributed by atoms with Crippen LogP contribution >= 0.6 is 22.9 Å². The first-order chi connectivity index (χ1) is 13.5. The number of hydrogen-bond donors (Lipinski definition) is 4. The maximum Gasteiger partial charge on any atom is 0.228 e. The van der Waals surface area contributed by atoms with Gasteiger partial charge in [-0.05, 0) is 45.9 Å². The summed E-state index contributed by atoms with van der Waals surface area (Å²) in [7, 11) is 1.93. The van der Waals surface area contributed by atoms with Crippen molar-refractivity contribution < 1.29 is 13.3 Å². The van der Waals surface area contributed by atoms with Crippen LogP contribution in [0.1, 0.15) is 19.3 Å². The zero-order valence-electron chi connectivity index (χ0n) is 15.5. The second-order valence-electron chi connectivity index (χ2n) is 5.94. The highest BCUT2D eigenvalue weighted by Gasteiger charge is 2.21. The lowest BCUT2D eigenvalue weighted by Crippen LogP contribution is -2.21. The number of aromatic nitrogens is 1. The van der Waals surface area contributed by atoms with Crippen molar-refractivity contribution >= 4 is 45.1 Å². The summed E-state index contributed by atoms with van der Waals surface area (Å²) in [6.07, 6.45) is 3.98. The number of nitrogens with zero attached hydrogens (tertiary/aromatic N) is 1. The smallest absolute Gasteiger partial charge is 0.228 e. The summed E-state index contributed by atoms with van der Waals surface area (Å²) >= 11 is 4.94. The van der Waals surface area contributed by atoms with Gasteiger partial charge in [0.25, 0.3) is 0 Å². The highest BCUT2D eigenvalue weighted by atomic mass is 35.5. The van der Waals surface area contributed by atoms with Crippen LogP contribution < -0.4 is 20.7 Å². The minimum Gasteiger partial charge on any atom is -0.588 e. The lowest BCUT2D eigenvalue weighted by Gasteiger charge is -2.13. The van der Waals surface area contributed by atoms with E-state index in [0.29, 0.717) is 23.6 Å². The van der Waals surface area contributed by atoms with Gasteiger partial charge in [-0.1, -0.05) is 22.9 Å². The molecule has 0 radical (unpaired) electrons. The average molecular weight is 452 g/mol. The fourth-order valence-corrected chi connectivity index (χ4v) is 4.22. The summed E-state index contributed by atoms with van der Waals surface area (Å²) in [6.45, 7) is 3.55. The van der Waals surface area contributed by atoms with Crippen molar-refractivity contribution in [2.24, 2.45) is 0 Å². The van der Waals surface area contributed by atoms with Gasteiger partial charge in [0.15, 0.2) is 10.9 Å². The molecular formula is C17H24ClF2N5OS2. The lowest BCUT2D eigenvalue weighted by molar-refractivity contribution is 0.569. The van der Waals surface area contributed by atoms with Crippen LogP contribution in [-0.2, 0) is 11.4 Å². The van der Waals surface area contributed by atoms with Crippen molar-refractivity contribution in [3.63, 3.8) is 0 Å². The highest BCUT2D eigenvalue weighted by molar-refractivity contribution is 7.93. The number of hydrogen-bond acceptors (Lipinski definition) is 7. The summed E-state index contributed by atoms with van der Waals surface area (Å²) in [5, 5.41) is 9.40. The Hall–Kier alpha value is -1.17. The molecule has 0 amide bonds. The molecule has 0 aliphatic heterocycles. The SMILES string of the molecule is CNCCCNCCCCNc1cc(F)c([S+]([O-])Nc2ncc(F)s2)cc1Cl. The van der Waals surface area contributed by atoms with Crippen molar-refractivity contribution in [1.82, 2.24) is 15.6 Å². The van der Waals surface area contributed by atoms with Crippen molar-refractivity contribution in [2.45, 2.75) is 24.2 Å². The average Bonchev–Trinajstić information content (AvgIpc) is 3.07. The van der Waals surface area contributed by atoms with E-state index in [1.54, 1.807) is 0 Å². The quantitative estimate of drug-likeness (QED) is 0.275. The van der Waals surface area contributed by atoms with Crippen LogP contribution in [0.25, 0.3) is 0 Å². The molecule has 4 N–H and O–H groups in total. The number of halogens is 3. The van der Waals surface area contributed by atoms with Crippen LogP contribution in [0.5, 0.6) is 0 Å². The van der Waals surface area contributed by atoms with E-state index in [2.05, 4.69) is 25.7 Å². The monoisotopic (exact) mass is 451 g/mol. The molecule has 2 aromatic rings. The topological polar surface area (TPSA) is 84.1 Å². The third kappa shape index (κ3) is 7.69. The lowest BCUT2D eigenvalue weighted by atomic mass is 10.2. The molecule has 1 aromatic carbocycles. The van der Waals surface area contributed by atoms with Gasteiger partial charge in [-0.2, -0.15) is 9.11 Å². The number of thiazole rings is 1. The third-order valence-corrected chi connectivity index (χ3v) is 5.99. The van der Waals surface area contributed by atoms with Gasteiger partial charge in [0, 0.05) is 18.7 Å². The molecule has 0 spiro atoms. The van der Waals surface area contributed by atoms with Gasteiger partial charge in [-0.25, -0.2) is 9.37 Å². The Kier molecular flexibility index (Phi) is 10.2. The minimum absolute atomic E-state index is 0.105. The first-order valence-electron chi connectivity index (χ1n) is 8.89. The molecule has 0 aliphatic carbocycles. The highest BCUT2D eigenvalue weighted by Crippen LogP contribution is 2.29. The van der Waals surface area contributed by atoms with Gasteiger partial charge in [-0.15, -0.1) is 0 Å². The number of benzene rings is 1.